The van der Waals surface area contributed by atoms with Crippen LogP contribution >= 0.6 is 11.6 Å². The molecule has 1 aliphatic heterocycles. The molecule has 1 atom stereocenters. The highest BCUT2D eigenvalue weighted by Crippen LogP contribution is 2.34. The third-order valence-corrected chi connectivity index (χ3v) is 6.42. The van der Waals surface area contributed by atoms with E-state index in [0.29, 0.717) is 24.0 Å². The number of hydrogen-bond donors (Lipinski definition) is 1. The quantitative estimate of drug-likeness (QED) is 0.844. The number of carbonyl (C=O) groups is 1. The molecule has 0 saturated heterocycles. The summed E-state index contributed by atoms with van der Waals surface area (Å²) in [6.45, 7) is 1.16. The Labute approximate surface area is 165 Å². The monoisotopic (exact) mass is 386 g/mol. The van der Waals surface area contributed by atoms with E-state index in [1.54, 1.807) is 10.9 Å². The Bertz CT molecular complexity index is 821. The largest absolute Gasteiger partial charge is 0.330 e. The van der Waals surface area contributed by atoms with Crippen LogP contribution in [-0.2, 0) is 13.6 Å². The van der Waals surface area contributed by atoms with E-state index in [2.05, 4.69) is 11.2 Å². The van der Waals surface area contributed by atoms with E-state index >= 15 is 0 Å². The first-order valence-corrected chi connectivity index (χ1v) is 10.3. The molecule has 1 aromatic carbocycles. The minimum Gasteiger partial charge on any atom is -0.330 e. The van der Waals surface area contributed by atoms with Crippen LogP contribution in [0, 0.1) is 5.92 Å². The molecule has 1 aromatic heterocycles. The molecule has 1 unspecified atom stereocenters. The highest BCUT2D eigenvalue weighted by molar-refractivity contribution is 6.33. The van der Waals surface area contributed by atoms with Crippen molar-refractivity contribution in [3.63, 3.8) is 0 Å². The van der Waals surface area contributed by atoms with Crippen molar-refractivity contribution in [2.45, 2.75) is 51.1 Å². The Morgan fingerprint density at radius 1 is 1.30 bits per heavy atom. The van der Waals surface area contributed by atoms with Crippen LogP contribution in [0.25, 0.3) is 11.3 Å². The Kier molecular flexibility index (Phi) is 5.24. The SMILES string of the molecule is Cn1ncc(Cl)c1-c1ccc2c(c1)CN(C(CN)CC1CCCCC1)C2=O. The number of hydrogen-bond acceptors (Lipinski definition) is 3. The standard InChI is InChI=1S/C21H27ClN4O/c1-25-20(19(22)12-24-25)15-7-8-18-16(10-15)13-26(21(18)27)17(11-23)9-14-5-3-2-4-6-14/h7-8,10,12,14,17H,2-6,9,11,13,23H2,1H3. The third kappa shape index (κ3) is 3.50. The molecule has 2 N–H and O–H groups in total. The number of carbonyl (C=O) groups excluding carboxylic acids is 1. The van der Waals surface area contributed by atoms with Gasteiger partial charge in [-0.25, -0.2) is 0 Å². The van der Waals surface area contributed by atoms with Crippen LogP contribution in [-0.4, -0.2) is 33.2 Å². The van der Waals surface area contributed by atoms with Crippen molar-refractivity contribution in [2.24, 2.45) is 18.7 Å². The molecule has 0 radical (unpaired) electrons. The van der Waals surface area contributed by atoms with Gasteiger partial charge in [0, 0.05) is 37.3 Å². The zero-order chi connectivity index (χ0) is 19.0. The topological polar surface area (TPSA) is 64.2 Å². The fourth-order valence-electron chi connectivity index (χ4n) is 4.68. The van der Waals surface area contributed by atoms with Crippen LogP contribution in [0.1, 0.15) is 54.4 Å². The van der Waals surface area contributed by atoms with Crippen molar-refractivity contribution >= 4 is 17.5 Å². The molecular weight excluding hydrogens is 360 g/mol. The summed E-state index contributed by atoms with van der Waals surface area (Å²) in [6, 6.07) is 6.08. The van der Waals surface area contributed by atoms with Gasteiger partial charge in [-0.05, 0) is 30.0 Å². The Balaban J connectivity index is 1.56. The lowest BCUT2D eigenvalue weighted by atomic mass is 9.84. The molecule has 2 aliphatic rings. The second kappa shape index (κ2) is 7.64. The molecule has 1 fully saturated rings. The zero-order valence-corrected chi connectivity index (χ0v) is 16.6. The summed E-state index contributed by atoms with van der Waals surface area (Å²) in [5, 5.41) is 4.83. The molecule has 6 heteroatoms. The van der Waals surface area contributed by atoms with Gasteiger partial charge < -0.3 is 10.6 Å². The Hall–Kier alpha value is -1.85. The van der Waals surface area contributed by atoms with Crippen molar-refractivity contribution in [1.29, 1.82) is 0 Å². The van der Waals surface area contributed by atoms with Crippen molar-refractivity contribution < 1.29 is 4.79 Å². The van der Waals surface area contributed by atoms with Gasteiger partial charge >= 0.3 is 0 Å². The van der Waals surface area contributed by atoms with Crippen LogP contribution in [0.2, 0.25) is 5.02 Å². The first-order valence-electron chi connectivity index (χ1n) is 9.90. The number of aryl methyl sites for hydroxylation is 1. The first kappa shape index (κ1) is 18.5. The average Bonchev–Trinajstić information content (AvgIpc) is 3.19. The van der Waals surface area contributed by atoms with Crippen molar-refractivity contribution in [1.82, 2.24) is 14.7 Å². The first-order chi connectivity index (χ1) is 13.1. The molecule has 144 valence electrons. The van der Waals surface area contributed by atoms with E-state index < -0.39 is 0 Å². The lowest BCUT2D eigenvalue weighted by Crippen LogP contribution is -2.42. The molecule has 0 spiro atoms. The molecule has 27 heavy (non-hydrogen) atoms. The van der Waals surface area contributed by atoms with Gasteiger partial charge in [-0.2, -0.15) is 5.10 Å². The molecule has 5 nitrogen and oxygen atoms in total. The molecule has 0 bridgehead atoms. The van der Waals surface area contributed by atoms with E-state index in [0.717, 1.165) is 28.8 Å². The number of nitrogens with zero attached hydrogens (tertiary/aromatic N) is 3. The number of nitrogens with two attached hydrogens (primary N) is 1. The summed E-state index contributed by atoms with van der Waals surface area (Å²) >= 11 is 6.29. The van der Waals surface area contributed by atoms with Crippen molar-refractivity contribution in [3.8, 4) is 11.3 Å². The third-order valence-electron chi connectivity index (χ3n) is 6.15. The van der Waals surface area contributed by atoms with Gasteiger partial charge in [0.25, 0.3) is 5.91 Å². The van der Waals surface area contributed by atoms with Gasteiger partial charge in [0.2, 0.25) is 0 Å². The van der Waals surface area contributed by atoms with Gasteiger partial charge in [-0.3, -0.25) is 9.48 Å². The number of aromatic nitrogens is 2. The van der Waals surface area contributed by atoms with Gasteiger partial charge in [-0.1, -0.05) is 49.8 Å². The highest BCUT2D eigenvalue weighted by atomic mass is 35.5. The molecule has 1 aliphatic carbocycles. The van der Waals surface area contributed by atoms with Crippen LogP contribution in [0.15, 0.2) is 24.4 Å². The predicted molar refractivity (Wildman–Crippen MR) is 108 cm³/mol. The van der Waals surface area contributed by atoms with E-state index in [1.807, 2.05) is 24.1 Å². The predicted octanol–water partition coefficient (Wildman–Crippen LogP) is 3.99. The zero-order valence-electron chi connectivity index (χ0n) is 15.8. The van der Waals surface area contributed by atoms with Crippen LogP contribution < -0.4 is 5.73 Å². The maximum absolute atomic E-state index is 13.0. The number of amides is 1. The van der Waals surface area contributed by atoms with E-state index in [4.69, 9.17) is 17.3 Å². The van der Waals surface area contributed by atoms with Crippen LogP contribution in [0.5, 0.6) is 0 Å². The Morgan fingerprint density at radius 3 is 2.74 bits per heavy atom. The second-order valence-electron chi connectivity index (χ2n) is 7.90. The normalized spacial score (nSPS) is 18.8. The Morgan fingerprint density at radius 2 is 2.07 bits per heavy atom. The maximum Gasteiger partial charge on any atom is 0.254 e. The number of benzene rings is 1. The number of fused-ring (bicyclic) bond motifs is 1. The van der Waals surface area contributed by atoms with E-state index in [9.17, 15) is 4.79 Å². The summed E-state index contributed by atoms with van der Waals surface area (Å²) < 4.78 is 1.77. The summed E-state index contributed by atoms with van der Waals surface area (Å²) in [4.78, 5) is 15.0. The summed E-state index contributed by atoms with van der Waals surface area (Å²) in [6.07, 6.45) is 9.18. The van der Waals surface area contributed by atoms with Crippen molar-refractivity contribution in [3.05, 3.63) is 40.5 Å². The maximum atomic E-state index is 13.0. The summed E-state index contributed by atoms with van der Waals surface area (Å²) in [7, 11) is 1.88. The van der Waals surface area contributed by atoms with E-state index in [-0.39, 0.29) is 11.9 Å². The van der Waals surface area contributed by atoms with Gasteiger partial charge in [-0.15, -0.1) is 0 Å². The lowest BCUT2D eigenvalue weighted by Gasteiger charge is -2.31. The van der Waals surface area contributed by atoms with Gasteiger partial charge in [0.1, 0.15) is 0 Å². The minimum atomic E-state index is 0.110. The molecule has 2 heterocycles. The average molecular weight is 387 g/mol. The summed E-state index contributed by atoms with van der Waals surface area (Å²) in [5.41, 5.74) is 9.80. The minimum absolute atomic E-state index is 0.110. The highest BCUT2D eigenvalue weighted by Gasteiger charge is 2.33. The van der Waals surface area contributed by atoms with Gasteiger partial charge in [0.05, 0.1) is 16.9 Å². The molecule has 4 rings (SSSR count). The second-order valence-corrected chi connectivity index (χ2v) is 8.31. The molecule has 1 saturated carbocycles. The number of rotatable bonds is 5. The van der Waals surface area contributed by atoms with Crippen LogP contribution in [0.3, 0.4) is 0 Å². The lowest BCUT2D eigenvalue weighted by molar-refractivity contribution is 0.0674. The molecule has 1 amide bonds. The van der Waals surface area contributed by atoms with E-state index in [1.165, 1.54) is 32.1 Å². The number of halogens is 1. The van der Waals surface area contributed by atoms with Crippen molar-refractivity contribution in [2.75, 3.05) is 6.54 Å². The smallest absolute Gasteiger partial charge is 0.254 e. The van der Waals surface area contributed by atoms with Crippen LogP contribution in [0.4, 0.5) is 0 Å². The molecule has 2 aromatic rings. The fraction of sp³-hybridized carbons (Fsp3) is 0.524. The summed E-state index contributed by atoms with van der Waals surface area (Å²) in [5.74, 6) is 0.812. The molecular formula is C21H27ClN4O. The van der Waals surface area contributed by atoms with Gasteiger partial charge in [0.15, 0.2) is 0 Å². The fourth-order valence-corrected chi connectivity index (χ4v) is 4.95.